The number of carbonyl (C=O) groups excluding carboxylic acids is 2. The highest BCUT2D eigenvalue weighted by Crippen LogP contribution is 2.38. The Bertz CT molecular complexity index is 1250. The lowest BCUT2D eigenvalue weighted by molar-refractivity contribution is -0.136. The van der Waals surface area contributed by atoms with Crippen molar-refractivity contribution in [2.24, 2.45) is 17.6 Å². The van der Waals surface area contributed by atoms with Gasteiger partial charge in [0.1, 0.15) is 11.6 Å². The Balaban J connectivity index is 2.08. The van der Waals surface area contributed by atoms with Crippen molar-refractivity contribution in [1.82, 2.24) is 20.9 Å². The van der Waals surface area contributed by atoms with Gasteiger partial charge < -0.3 is 31.8 Å². The highest BCUT2D eigenvalue weighted by atomic mass is 35.5. The molecule has 1 aromatic carbocycles. The number of amides is 3. The van der Waals surface area contributed by atoms with E-state index >= 15 is 0 Å². The molecule has 12 heteroatoms. The molecule has 208 valence electrons. The van der Waals surface area contributed by atoms with E-state index in [1.807, 2.05) is 20.8 Å². The lowest BCUT2D eigenvalue weighted by Gasteiger charge is -2.39. The molecule has 2 unspecified atom stereocenters. The Morgan fingerprint density at radius 2 is 1.76 bits per heavy atom. The Labute approximate surface area is 237 Å². The third-order valence-corrected chi connectivity index (χ3v) is 8.45. The largest absolute Gasteiger partial charge is 0.465 e. The van der Waals surface area contributed by atoms with Crippen LogP contribution in [0, 0.1) is 11.8 Å². The Hall–Kier alpha value is -2.56. The standard InChI is InChI=1S/C26H35Cl2N5O4S/c1-5-12(3)19(22(29)38)31-24(35)26(33-23(34)20(13(4)6-2)32-25(36)37)8-7-18-16(11-26)15-9-14(27)10-17(28)21(15)30-18/h9-10,12-13,19-20,30,32H,5-8,11H2,1-4H3,(H2,29,38)(H,31,35)(H,33,34)(H,36,37)/t12-,13-,19?,20?,26+/m0/s1. The van der Waals surface area contributed by atoms with Crippen molar-refractivity contribution in [2.75, 3.05) is 0 Å². The van der Waals surface area contributed by atoms with Crippen molar-refractivity contribution in [3.63, 3.8) is 0 Å². The molecule has 1 aliphatic rings. The fourth-order valence-electron chi connectivity index (χ4n) is 4.99. The predicted molar refractivity (Wildman–Crippen MR) is 154 cm³/mol. The molecule has 0 bridgehead atoms. The van der Waals surface area contributed by atoms with Gasteiger partial charge in [-0.25, -0.2) is 4.79 Å². The van der Waals surface area contributed by atoms with Crippen LogP contribution in [0.4, 0.5) is 4.79 Å². The number of benzene rings is 1. The van der Waals surface area contributed by atoms with Crippen LogP contribution in [0.15, 0.2) is 12.1 Å². The zero-order valence-electron chi connectivity index (χ0n) is 21.9. The van der Waals surface area contributed by atoms with Gasteiger partial charge in [-0.1, -0.05) is 76.0 Å². The molecule has 0 aliphatic heterocycles. The molecular formula is C26H35Cl2N5O4S. The van der Waals surface area contributed by atoms with Crippen LogP contribution >= 0.6 is 35.4 Å². The maximum atomic E-state index is 14.0. The van der Waals surface area contributed by atoms with Gasteiger partial charge in [-0.2, -0.15) is 0 Å². The molecular weight excluding hydrogens is 549 g/mol. The van der Waals surface area contributed by atoms with Gasteiger partial charge in [0.15, 0.2) is 0 Å². The molecule has 0 saturated heterocycles. The summed E-state index contributed by atoms with van der Waals surface area (Å²) in [6, 6.07) is 1.80. The van der Waals surface area contributed by atoms with Crippen LogP contribution in [-0.2, 0) is 22.4 Å². The van der Waals surface area contributed by atoms with Crippen molar-refractivity contribution < 1.29 is 19.5 Å². The molecule has 3 rings (SSSR count). The van der Waals surface area contributed by atoms with Gasteiger partial charge in [0.05, 0.1) is 21.6 Å². The number of aryl methyl sites for hydroxylation is 1. The molecule has 1 aliphatic carbocycles. The van der Waals surface area contributed by atoms with E-state index in [1.54, 1.807) is 19.1 Å². The van der Waals surface area contributed by atoms with Crippen LogP contribution in [0.5, 0.6) is 0 Å². The number of carbonyl (C=O) groups is 3. The van der Waals surface area contributed by atoms with Gasteiger partial charge in [0.2, 0.25) is 11.8 Å². The Morgan fingerprint density at radius 1 is 1.13 bits per heavy atom. The van der Waals surface area contributed by atoms with Crippen LogP contribution in [0.3, 0.4) is 0 Å². The van der Waals surface area contributed by atoms with E-state index in [0.717, 1.165) is 23.1 Å². The maximum absolute atomic E-state index is 14.0. The summed E-state index contributed by atoms with van der Waals surface area (Å²) >= 11 is 18.0. The van der Waals surface area contributed by atoms with E-state index < -0.39 is 35.5 Å². The zero-order valence-corrected chi connectivity index (χ0v) is 24.2. The summed E-state index contributed by atoms with van der Waals surface area (Å²) < 4.78 is 0. The highest BCUT2D eigenvalue weighted by Gasteiger charge is 2.46. The number of halogens is 2. The number of fused-ring (bicyclic) bond motifs is 3. The minimum absolute atomic E-state index is 0.0319. The van der Waals surface area contributed by atoms with Gasteiger partial charge in [-0.05, 0) is 42.4 Å². The number of nitrogens with one attached hydrogen (secondary N) is 4. The number of hydrogen-bond acceptors (Lipinski definition) is 4. The van der Waals surface area contributed by atoms with Crippen molar-refractivity contribution >= 4 is 69.2 Å². The summed E-state index contributed by atoms with van der Waals surface area (Å²) in [7, 11) is 0. The van der Waals surface area contributed by atoms with E-state index in [4.69, 9.17) is 41.2 Å². The number of aromatic nitrogens is 1. The smallest absolute Gasteiger partial charge is 0.405 e. The number of aromatic amines is 1. The molecule has 5 atom stereocenters. The molecule has 38 heavy (non-hydrogen) atoms. The third-order valence-electron chi connectivity index (χ3n) is 7.68. The van der Waals surface area contributed by atoms with Crippen molar-refractivity contribution in [3.05, 3.63) is 33.4 Å². The topological polar surface area (TPSA) is 149 Å². The van der Waals surface area contributed by atoms with E-state index in [0.29, 0.717) is 28.4 Å². The van der Waals surface area contributed by atoms with Gasteiger partial charge in [0.25, 0.3) is 0 Å². The quantitative estimate of drug-likeness (QED) is 0.229. The van der Waals surface area contributed by atoms with Crippen LogP contribution in [0.25, 0.3) is 10.9 Å². The first-order chi connectivity index (χ1) is 17.8. The lowest BCUT2D eigenvalue weighted by atomic mass is 9.78. The van der Waals surface area contributed by atoms with E-state index in [1.165, 1.54) is 0 Å². The average molecular weight is 585 g/mol. The molecule has 1 heterocycles. The van der Waals surface area contributed by atoms with Crippen molar-refractivity contribution in [2.45, 2.75) is 77.4 Å². The van der Waals surface area contributed by atoms with Crippen molar-refractivity contribution in [3.8, 4) is 0 Å². The summed E-state index contributed by atoms with van der Waals surface area (Å²) in [6.07, 6.45) is 0.804. The van der Waals surface area contributed by atoms with Crippen LogP contribution in [0.2, 0.25) is 10.0 Å². The maximum Gasteiger partial charge on any atom is 0.405 e. The summed E-state index contributed by atoms with van der Waals surface area (Å²) in [5.74, 6) is -1.35. The molecule has 0 saturated carbocycles. The summed E-state index contributed by atoms with van der Waals surface area (Å²) in [6.45, 7) is 7.55. The number of hydrogen-bond donors (Lipinski definition) is 6. The molecule has 0 spiro atoms. The Morgan fingerprint density at radius 3 is 2.34 bits per heavy atom. The van der Waals surface area contributed by atoms with Gasteiger partial charge in [0, 0.05) is 22.5 Å². The summed E-state index contributed by atoms with van der Waals surface area (Å²) in [4.78, 5) is 42.6. The number of carboxylic acid groups (broad SMARTS) is 1. The average Bonchev–Trinajstić information content (AvgIpc) is 3.22. The second kappa shape index (κ2) is 12.1. The first kappa shape index (κ1) is 30.0. The third kappa shape index (κ3) is 6.18. The predicted octanol–water partition coefficient (Wildman–Crippen LogP) is 4.32. The molecule has 1 aromatic heterocycles. The first-order valence-corrected chi connectivity index (χ1v) is 13.9. The van der Waals surface area contributed by atoms with Crippen molar-refractivity contribution in [1.29, 1.82) is 0 Å². The second-order valence-corrected chi connectivity index (χ2v) is 11.5. The summed E-state index contributed by atoms with van der Waals surface area (Å²) in [5.41, 5.74) is 7.01. The minimum Gasteiger partial charge on any atom is -0.465 e. The summed E-state index contributed by atoms with van der Waals surface area (Å²) in [5, 5.41) is 19.3. The van der Waals surface area contributed by atoms with Crippen LogP contribution in [0.1, 0.15) is 58.2 Å². The fraction of sp³-hybridized carbons (Fsp3) is 0.538. The minimum atomic E-state index is -1.39. The number of H-pyrrole nitrogens is 1. The Kier molecular flexibility index (Phi) is 9.54. The van der Waals surface area contributed by atoms with Gasteiger partial charge in [-0.15, -0.1) is 0 Å². The van der Waals surface area contributed by atoms with E-state index in [9.17, 15) is 19.5 Å². The molecule has 0 fully saturated rings. The normalized spacial score (nSPS) is 20.1. The van der Waals surface area contributed by atoms with Crippen LogP contribution < -0.4 is 21.7 Å². The second-order valence-electron chi connectivity index (χ2n) is 10.2. The molecule has 2 aromatic rings. The molecule has 9 nitrogen and oxygen atoms in total. The van der Waals surface area contributed by atoms with E-state index in [-0.39, 0.29) is 29.7 Å². The number of rotatable bonds is 10. The molecule has 3 amide bonds. The monoisotopic (exact) mass is 583 g/mol. The van der Waals surface area contributed by atoms with Gasteiger partial charge in [-0.3, -0.25) is 9.59 Å². The molecule has 0 radical (unpaired) electrons. The number of thiocarbonyl (C=S) groups is 1. The fourth-order valence-corrected chi connectivity index (χ4v) is 5.82. The molecule has 7 N–H and O–H groups in total. The van der Waals surface area contributed by atoms with E-state index in [2.05, 4.69) is 20.9 Å². The zero-order chi connectivity index (χ0) is 28.4. The van der Waals surface area contributed by atoms with Crippen LogP contribution in [-0.4, -0.2) is 50.6 Å². The number of nitrogens with two attached hydrogens (primary N) is 1. The SMILES string of the molecule is CC[C@H](C)C(NC(=O)O)C(=O)N[C@]1(C(=O)NC(C(N)=S)[C@@H](C)CC)CCc2[nH]c3c(Cl)cc(Cl)cc3c2C1. The first-order valence-electron chi connectivity index (χ1n) is 12.7. The van der Waals surface area contributed by atoms with Gasteiger partial charge >= 0.3 is 6.09 Å². The highest BCUT2D eigenvalue weighted by molar-refractivity contribution is 7.80. The lowest BCUT2D eigenvalue weighted by Crippen LogP contribution is -2.67.